The van der Waals surface area contributed by atoms with E-state index in [2.05, 4.69) is 84.8 Å². The van der Waals surface area contributed by atoms with Crippen molar-refractivity contribution in [2.75, 3.05) is 0 Å². The zero-order valence-corrected chi connectivity index (χ0v) is 11.9. The molecule has 2 aromatic carbocycles. The molecule has 0 aliphatic rings. The van der Waals surface area contributed by atoms with Crippen LogP contribution in [0.1, 0.15) is 0 Å². The standard InChI is InChI=1S/C10H5Br2I/c11-6-1-2-7-8(5-6)9(12)3-4-10(7)13/h1-5H. The number of halogens is 3. The summed E-state index contributed by atoms with van der Waals surface area (Å²) < 4.78 is 3.54. The van der Waals surface area contributed by atoms with Crippen LogP contribution in [-0.4, -0.2) is 0 Å². The van der Waals surface area contributed by atoms with Gasteiger partial charge in [-0.05, 0) is 57.6 Å². The summed E-state index contributed by atoms with van der Waals surface area (Å²) in [4.78, 5) is 0. The molecule has 3 heteroatoms. The minimum Gasteiger partial charge on any atom is -0.0522 e. The molecule has 0 fully saturated rings. The van der Waals surface area contributed by atoms with Crippen molar-refractivity contribution < 1.29 is 0 Å². The van der Waals surface area contributed by atoms with E-state index in [4.69, 9.17) is 0 Å². The van der Waals surface area contributed by atoms with E-state index < -0.39 is 0 Å². The lowest BCUT2D eigenvalue weighted by Gasteiger charge is -2.03. The Morgan fingerprint density at radius 1 is 0.923 bits per heavy atom. The maximum atomic E-state index is 3.54. The Labute approximate surface area is 107 Å². The van der Waals surface area contributed by atoms with Crippen LogP contribution in [0.3, 0.4) is 0 Å². The van der Waals surface area contributed by atoms with Crippen LogP contribution in [0.25, 0.3) is 10.8 Å². The molecular formula is C10H5Br2I. The first-order valence-corrected chi connectivity index (χ1v) is 6.38. The molecule has 13 heavy (non-hydrogen) atoms. The van der Waals surface area contributed by atoms with Gasteiger partial charge in [0.15, 0.2) is 0 Å². The molecule has 0 radical (unpaired) electrons. The van der Waals surface area contributed by atoms with E-state index in [1.165, 1.54) is 14.3 Å². The van der Waals surface area contributed by atoms with Gasteiger partial charge in [-0.1, -0.05) is 37.9 Å². The van der Waals surface area contributed by atoms with Gasteiger partial charge in [0.05, 0.1) is 0 Å². The van der Waals surface area contributed by atoms with Crippen LogP contribution in [0.2, 0.25) is 0 Å². The first-order valence-electron chi connectivity index (χ1n) is 3.72. The summed E-state index contributed by atoms with van der Waals surface area (Å²) in [6.45, 7) is 0. The topological polar surface area (TPSA) is 0 Å². The van der Waals surface area contributed by atoms with Crippen LogP contribution >= 0.6 is 54.5 Å². The van der Waals surface area contributed by atoms with Crippen molar-refractivity contribution in [3.05, 3.63) is 42.8 Å². The van der Waals surface area contributed by atoms with E-state index in [1.54, 1.807) is 0 Å². The average molecular weight is 412 g/mol. The summed E-state index contributed by atoms with van der Waals surface area (Å²) in [6, 6.07) is 10.5. The maximum absolute atomic E-state index is 3.54. The molecule has 0 saturated carbocycles. The lowest BCUT2D eigenvalue weighted by molar-refractivity contribution is 1.64. The molecule has 0 unspecified atom stereocenters. The van der Waals surface area contributed by atoms with Gasteiger partial charge in [-0.15, -0.1) is 0 Å². The van der Waals surface area contributed by atoms with E-state index in [0.29, 0.717) is 0 Å². The van der Waals surface area contributed by atoms with Crippen molar-refractivity contribution in [1.82, 2.24) is 0 Å². The van der Waals surface area contributed by atoms with Crippen LogP contribution in [0.5, 0.6) is 0 Å². The monoisotopic (exact) mass is 410 g/mol. The van der Waals surface area contributed by atoms with Gasteiger partial charge in [-0.25, -0.2) is 0 Å². The van der Waals surface area contributed by atoms with Gasteiger partial charge < -0.3 is 0 Å². The predicted octanol–water partition coefficient (Wildman–Crippen LogP) is 4.97. The van der Waals surface area contributed by atoms with Gasteiger partial charge in [-0.2, -0.15) is 0 Å². The molecule has 2 aromatic rings. The third kappa shape index (κ3) is 1.92. The Hall–Kier alpha value is 0.390. The van der Waals surface area contributed by atoms with E-state index in [1.807, 2.05) is 0 Å². The van der Waals surface area contributed by atoms with Crippen LogP contribution in [-0.2, 0) is 0 Å². The maximum Gasteiger partial charge on any atom is 0.0254 e. The van der Waals surface area contributed by atoms with Crippen LogP contribution < -0.4 is 0 Å². The van der Waals surface area contributed by atoms with Gasteiger partial charge in [-0.3, -0.25) is 0 Å². The molecular weight excluding hydrogens is 407 g/mol. The molecule has 2 rings (SSSR count). The molecule has 0 aromatic heterocycles. The molecule has 0 saturated heterocycles. The number of hydrogen-bond donors (Lipinski definition) is 0. The lowest BCUT2D eigenvalue weighted by atomic mass is 10.1. The fraction of sp³-hybridized carbons (Fsp3) is 0. The van der Waals surface area contributed by atoms with Crippen molar-refractivity contribution in [2.45, 2.75) is 0 Å². The third-order valence-corrected chi connectivity index (χ3v) is 4.00. The van der Waals surface area contributed by atoms with Crippen molar-refractivity contribution in [3.8, 4) is 0 Å². The normalized spacial score (nSPS) is 10.7. The Balaban J connectivity index is 2.92. The van der Waals surface area contributed by atoms with Crippen molar-refractivity contribution in [3.63, 3.8) is 0 Å². The fourth-order valence-electron chi connectivity index (χ4n) is 1.25. The van der Waals surface area contributed by atoms with E-state index in [-0.39, 0.29) is 0 Å². The molecule has 0 N–H and O–H groups in total. The Morgan fingerprint density at radius 3 is 2.46 bits per heavy atom. The smallest absolute Gasteiger partial charge is 0.0254 e. The minimum atomic E-state index is 1.11. The first kappa shape index (κ1) is 9.93. The van der Waals surface area contributed by atoms with E-state index >= 15 is 0 Å². The fourth-order valence-corrected chi connectivity index (χ4v) is 2.72. The van der Waals surface area contributed by atoms with Crippen molar-refractivity contribution in [2.24, 2.45) is 0 Å². The van der Waals surface area contributed by atoms with Crippen LogP contribution in [0.15, 0.2) is 39.3 Å². The Kier molecular flexibility index (Phi) is 2.95. The zero-order valence-electron chi connectivity index (χ0n) is 6.52. The second-order valence-electron chi connectivity index (χ2n) is 2.72. The van der Waals surface area contributed by atoms with Crippen LogP contribution in [0.4, 0.5) is 0 Å². The molecule has 0 spiro atoms. The largest absolute Gasteiger partial charge is 0.0522 e. The number of fused-ring (bicyclic) bond motifs is 1. The highest BCUT2D eigenvalue weighted by Gasteiger charge is 2.02. The van der Waals surface area contributed by atoms with Gasteiger partial charge in [0.1, 0.15) is 0 Å². The summed E-state index contributed by atoms with van der Waals surface area (Å²) >= 11 is 9.36. The summed E-state index contributed by atoms with van der Waals surface area (Å²) in [5.74, 6) is 0. The van der Waals surface area contributed by atoms with Gasteiger partial charge >= 0.3 is 0 Å². The Bertz CT molecular complexity index is 466. The highest BCUT2D eigenvalue weighted by molar-refractivity contribution is 14.1. The second-order valence-corrected chi connectivity index (χ2v) is 5.65. The van der Waals surface area contributed by atoms with Crippen LogP contribution in [0, 0.1) is 3.57 Å². The molecule has 0 bridgehead atoms. The number of benzene rings is 2. The highest BCUT2D eigenvalue weighted by Crippen LogP contribution is 2.30. The average Bonchev–Trinajstić information content (AvgIpc) is 2.12. The highest BCUT2D eigenvalue weighted by atomic mass is 127. The molecule has 0 aliphatic heterocycles. The van der Waals surface area contributed by atoms with E-state index in [0.717, 1.165) is 8.95 Å². The van der Waals surface area contributed by atoms with Gasteiger partial charge in [0.25, 0.3) is 0 Å². The third-order valence-electron chi connectivity index (χ3n) is 1.87. The molecule has 66 valence electrons. The quantitative estimate of drug-likeness (QED) is 0.537. The van der Waals surface area contributed by atoms with Crippen molar-refractivity contribution in [1.29, 1.82) is 0 Å². The first-order chi connectivity index (χ1) is 6.18. The predicted molar refractivity (Wildman–Crippen MR) is 72.1 cm³/mol. The summed E-state index contributed by atoms with van der Waals surface area (Å²) in [7, 11) is 0. The summed E-state index contributed by atoms with van der Waals surface area (Å²) in [6.07, 6.45) is 0. The van der Waals surface area contributed by atoms with E-state index in [9.17, 15) is 0 Å². The molecule has 0 nitrogen and oxygen atoms in total. The molecule has 0 heterocycles. The molecule has 0 atom stereocenters. The molecule has 0 aliphatic carbocycles. The zero-order chi connectivity index (χ0) is 9.42. The number of rotatable bonds is 0. The summed E-state index contributed by atoms with van der Waals surface area (Å²) in [5.41, 5.74) is 0. The van der Waals surface area contributed by atoms with Gasteiger partial charge in [0, 0.05) is 12.5 Å². The summed E-state index contributed by atoms with van der Waals surface area (Å²) in [5, 5.41) is 2.54. The SMILES string of the molecule is Brc1ccc2c(I)ccc(Br)c2c1. The molecule has 0 amide bonds. The lowest BCUT2D eigenvalue weighted by Crippen LogP contribution is -1.79. The number of hydrogen-bond acceptors (Lipinski definition) is 0. The Morgan fingerprint density at radius 2 is 1.69 bits per heavy atom. The minimum absolute atomic E-state index is 1.11. The van der Waals surface area contributed by atoms with Crippen molar-refractivity contribution >= 4 is 65.2 Å². The second kappa shape index (κ2) is 3.87. The van der Waals surface area contributed by atoms with Gasteiger partial charge in [0.2, 0.25) is 0 Å².